The first-order valence-corrected chi connectivity index (χ1v) is 8.33. The van der Waals surface area contributed by atoms with Crippen molar-refractivity contribution in [2.45, 2.75) is 0 Å². The lowest BCUT2D eigenvalue weighted by Crippen LogP contribution is -1.79. The average Bonchev–Trinajstić information content (AvgIpc) is 3.03. The number of benzene rings is 3. The maximum atomic E-state index is 8.92. The second-order valence-electron chi connectivity index (χ2n) is 5.50. The molecule has 4 rings (SSSR count). The highest BCUT2D eigenvalue weighted by molar-refractivity contribution is 9.10. The van der Waals surface area contributed by atoms with Gasteiger partial charge in [-0.05, 0) is 57.0 Å². The maximum Gasteiger partial charge on any atom is 0.149 e. The van der Waals surface area contributed by atoms with E-state index >= 15 is 0 Å². The van der Waals surface area contributed by atoms with E-state index in [1.165, 1.54) is 5.39 Å². The van der Waals surface area contributed by atoms with E-state index < -0.39 is 0 Å². The van der Waals surface area contributed by atoms with Crippen LogP contribution in [-0.4, -0.2) is 0 Å². The maximum absolute atomic E-state index is 8.92. The van der Waals surface area contributed by atoms with Crippen molar-refractivity contribution in [3.05, 3.63) is 82.8 Å². The molecule has 0 spiro atoms. The van der Waals surface area contributed by atoms with Gasteiger partial charge in [-0.25, -0.2) is 0 Å². The highest BCUT2D eigenvalue weighted by atomic mass is 79.9. The van der Waals surface area contributed by atoms with E-state index in [0.717, 1.165) is 32.5 Å². The normalized spacial score (nSPS) is 10.7. The molecule has 114 valence electrons. The average molecular weight is 374 g/mol. The van der Waals surface area contributed by atoms with E-state index in [1.54, 1.807) is 12.1 Å². The van der Waals surface area contributed by atoms with Crippen LogP contribution in [0.25, 0.3) is 33.4 Å². The molecule has 0 fully saturated rings. The van der Waals surface area contributed by atoms with Gasteiger partial charge in [0.05, 0.1) is 16.1 Å². The van der Waals surface area contributed by atoms with Crippen LogP contribution in [0.2, 0.25) is 0 Å². The molecule has 3 heteroatoms. The molecule has 0 aliphatic rings. The van der Waals surface area contributed by atoms with Gasteiger partial charge in [0.2, 0.25) is 0 Å². The molecular formula is C21H12BrNO. The summed E-state index contributed by atoms with van der Waals surface area (Å²) in [7, 11) is 0. The zero-order valence-electron chi connectivity index (χ0n) is 12.7. The summed E-state index contributed by atoms with van der Waals surface area (Å²) in [5.74, 6) is 1.58. The summed E-state index contributed by atoms with van der Waals surface area (Å²) in [6, 6.07) is 25.9. The lowest BCUT2D eigenvalue weighted by molar-refractivity contribution is 0.597. The van der Waals surface area contributed by atoms with Gasteiger partial charge in [-0.15, -0.1) is 0 Å². The van der Waals surface area contributed by atoms with Crippen LogP contribution in [0.1, 0.15) is 5.56 Å². The first kappa shape index (κ1) is 14.7. The third kappa shape index (κ3) is 2.51. The van der Waals surface area contributed by atoms with Crippen molar-refractivity contribution in [2.24, 2.45) is 0 Å². The molecule has 24 heavy (non-hydrogen) atoms. The van der Waals surface area contributed by atoms with Gasteiger partial charge < -0.3 is 4.42 Å². The fraction of sp³-hybridized carbons (Fsp3) is 0. The molecule has 3 aromatic carbocycles. The number of furan rings is 1. The predicted molar refractivity (Wildman–Crippen MR) is 99.5 cm³/mol. The number of rotatable bonds is 2. The molecule has 0 radical (unpaired) electrons. The predicted octanol–water partition coefficient (Wildman–Crippen LogP) is 6.40. The molecule has 0 unspecified atom stereocenters. The van der Waals surface area contributed by atoms with Crippen LogP contribution in [0.3, 0.4) is 0 Å². The Morgan fingerprint density at radius 2 is 1.62 bits per heavy atom. The molecule has 0 aliphatic heterocycles. The summed E-state index contributed by atoms with van der Waals surface area (Å²) in [5, 5.41) is 11.2. The lowest BCUT2D eigenvalue weighted by Gasteiger charge is -2.04. The van der Waals surface area contributed by atoms with Crippen LogP contribution in [0.5, 0.6) is 0 Å². The summed E-state index contributed by atoms with van der Waals surface area (Å²) >= 11 is 3.62. The number of nitrogens with zero attached hydrogens (tertiary/aromatic N) is 1. The number of nitriles is 1. The Bertz CT molecular complexity index is 1070. The monoisotopic (exact) mass is 373 g/mol. The Morgan fingerprint density at radius 3 is 2.42 bits per heavy atom. The SMILES string of the molecule is N#Cc1ccc(-c2cc(Br)c(-c3cccc4ccccc34)o2)cc1. The van der Waals surface area contributed by atoms with Crippen molar-refractivity contribution >= 4 is 26.7 Å². The first-order chi connectivity index (χ1) is 11.8. The Balaban J connectivity index is 1.85. The van der Waals surface area contributed by atoms with Crippen LogP contribution in [0.15, 0.2) is 81.7 Å². The Morgan fingerprint density at radius 1 is 0.875 bits per heavy atom. The minimum absolute atomic E-state index is 0.638. The molecule has 1 heterocycles. The van der Waals surface area contributed by atoms with Gasteiger partial charge in [0.25, 0.3) is 0 Å². The summed E-state index contributed by atoms with van der Waals surface area (Å²) in [4.78, 5) is 0. The van der Waals surface area contributed by atoms with Gasteiger partial charge in [0.1, 0.15) is 11.5 Å². The topological polar surface area (TPSA) is 36.9 Å². The zero-order chi connectivity index (χ0) is 16.5. The molecule has 0 N–H and O–H groups in total. The zero-order valence-corrected chi connectivity index (χ0v) is 14.2. The second kappa shape index (κ2) is 5.99. The molecule has 0 saturated carbocycles. The Kier molecular flexibility index (Phi) is 3.68. The molecule has 0 atom stereocenters. The van der Waals surface area contributed by atoms with E-state index in [-0.39, 0.29) is 0 Å². The van der Waals surface area contributed by atoms with Crippen molar-refractivity contribution in [1.82, 2.24) is 0 Å². The van der Waals surface area contributed by atoms with E-state index in [4.69, 9.17) is 9.68 Å². The van der Waals surface area contributed by atoms with Crippen molar-refractivity contribution < 1.29 is 4.42 Å². The van der Waals surface area contributed by atoms with Gasteiger partial charge in [0.15, 0.2) is 0 Å². The van der Waals surface area contributed by atoms with Crippen molar-refractivity contribution in [1.29, 1.82) is 5.26 Å². The lowest BCUT2D eigenvalue weighted by atomic mass is 10.0. The minimum Gasteiger partial charge on any atom is -0.455 e. The summed E-state index contributed by atoms with van der Waals surface area (Å²) in [6.07, 6.45) is 0. The fourth-order valence-corrected chi connectivity index (χ4v) is 3.33. The van der Waals surface area contributed by atoms with Gasteiger partial charge in [-0.3, -0.25) is 0 Å². The molecular weight excluding hydrogens is 362 g/mol. The summed E-state index contributed by atoms with van der Waals surface area (Å²) in [5.41, 5.74) is 2.64. The van der Waals surface area contributed by atoms with Gasteiger partial charge in [0, 0.05) is 11.1 Å². The Hall–Kier alpha value is -2.83. The summed E-state index contributed by atoms with van der Waals surface area (Å²) in [6.45, 7) is 0. The number of hydrogen-bond donors (Lipinski definition) is 0. The molecule has 2 nitrogen and oxygen atoms in total. The quantitative estimate of drug-likeness (QED) is 0.407. The molecule has 0 aliphatic carbocycles. The van der Waals surface area contributed by atoms with E-state index in [0.29, 0.717) is 5.56 Å². The largest absolute Gasteiger partial charge is 0.455 e. The van der Waals surface area contributed by atoms with Crippen LogP contribution < -0.4 is 0 Å². The molecule has 1 aromatic heterocycles. The molecule has 0 saturated heterocycles. The van der Waals surface area contributed by atoms with Gasteiger partial charge in [-0.1, -0.05) is 42.5 Å². The first-order valence-electron chi connectivity index (χ1n) is 7.54. The Labute approximate surface area is 148 Å². The highest BCUT2D eigenvalue weighted by Crippen LogP contribution is 2.38. The summed E-state index contributed by atoms with van der Waals surface area (Å²) < 4.78 is 7.05. The molecule has 0 bridgehead atoms. The standard InChI is InChI=1S/C21H12BrNO/c22-19-12-20(16-10-8-14(13-23)9-11-16)24-21(19)18-7-3-5-15-4-1-2-6-17(15)18/h1-12H. The van der Waals surface area contributed by atoms with E-state index in [2.05, 4.69) is 46.3 Å². The second-order valence-corrected chi connectivity index (χ2v) is 6.36. The third-order valence-electron chi connectivity index (χ3n) is 4.02. The van der Waals surface area contributed by atoms with Crippen LogP contribution in [0, 0.1) is 11.3 Å². The van der Waals surface area contributed by atoms with Crippen LogP contribution in [0.4, 0.5) is 0 Å². The third-order valence-corrected chi connectivity index (χ3v) is 4.61. The molecule has 0 amide bonds. The van der Waals surface area contributed by atoms with Crippen LogP contribution in [-0.2, 0) is 0 Å². The van der Waals surface area contributed by atoms with Gasteiger partial charge >= 0.3 is 0 Å². The van der Waals surface area contributed by atoms with E-state index in [9.17, 15) is 0 Å². The minimum atomic E-state index is 0.638. The molecule has 4 aromatic rings. The van der Waals surface area contributed by atoms with Crippen LogP contribution >= 0.6 is 15.9 Å². The number of halogens is 1. The van der Waals surface area contributed by atoms with Crippen molar-refractivity contribution in [2.75, 3.05) is 0 Å². The number of fused-ring (bicyclic) bond motifs is 1. The fourth-order valence-electron chi connectivity index (χ4n) is 2.83. The highest BCUT2D eigenvalue weighted by Gasteiger charge is 2.14. The van der Waals surface area contributed by atoms with E-state index in [1.807, 2.05) is 36.4 Å². The van der Waals surface area contributed by atoms with Crippen molar-refractivity contribution in [3.8, 4) is 28.7 Å². The smallest absolute Gasteiger partial charge is 0.149 e. The van der Waals surface area contributed by atoms with Gasteiger partial charge in [-0.2, -0.15) is 5.26 Å². The van der Waals surface area contributed by atoms with Crippen molar-refractivity contribution in [3.63, 3.8) is 0 Å². The number of hydrogen-bond acceptors (Lipinski definition) is 2.